The Morgan fingerprint density at radius 1 is 1.04 bits per heavy atom. The average Bonchev–Trinajstić information content (AvgIpc) is 3.41. The van der Waals surface area contributed by atoms with Crippen LogP contribution in [0.4, 0.5) is 34.4 Å². The molecule has 23 heteroatoms. The molecule has 54 heavy (non-hydrogen) atoms. The summed E-state index contributed by atoms with van der Waals surface area (Å²) >= 11 is 13.1. The van der Waals surface area contributed by atoms with E-state index < -0.39 is 42.7 Å². The summed E-state index contributed by atoms with van der Waals surface area (Å²) in [6, 6.07) is 13.5. The zero-order chi connectivity index (χ0) is 38.4. The molecule has 4 rings (SSSR count). The molecule has 0 aliphatic heterocycles. The van der Waals surface area contributed by atoms with Crippen LogP contribution in [0, 0.1) is 17.9 Å². The maximum atomic E-state index is 12.9. The fraction of sp³-hybridized carbons (Fsp3) is 0.194. The van der Waals surface area contributed by atoms with Gasteiger partial charge in [0.2, 0.25) is 11.7 Å². The van der Waals surface area contributed by atoms with E-state index in [0.29, 0.717) is 12.2 Å². The third kappa shape index (κ3) is 12.0. The number of anilines is 3. The monoisotopic (exact) mass is 831 g/mol. The van der Waals surface area contributed by atoms with Crippen LogP contribution in [0.15, 0.2) is 69.7 Å². The largest absolute Gasteiger partial charge is 1.00 e. The quantitative estimate of drug-likeness (QED) is 0.0780. The van der Waals surface area contributed by atoms with Crippen molar-refractivity contribution in [2.75, 3.05) is 34.4 Å². The Morgan fingerprint density at radius 2 is 1.70 bits per heavy atom. The van der Waals surface area contributed by atoms with Crippen molar-refractivity contribution in [2.24, 2.45) is 10.2 Å². The van der Waals surface area contributed by atoms with Gasteiger partial charge in [-0.1, -0.05) is 35.8 Å². The summed E-state index contributed by atoms with van der Waals surface area (Å²) in [4.78, 5) is 29.4. The molecule has 0 spiro atoms. The van der Waals surface area contributed by atoms with E-state index in [0.717, 1.165) is 16.8 Å². The maximum Gasteiger partial charge on any atom is 1.00 e. The van der Waals surface area contributed by atoms with Gasteiger partial charge < -0.3 is 29.5 Å². The molecule has 0 atom stereocenters. The Labute approximate surface area is 364 Å². The van der Waals surface area contributed by atoms with Gasteiger partial charge in [-0.05, 0) is 67.0 Å². The number of hydrogen-bond acceptors (Lipinski definition) is 13. The Hall–Kier alpha value is -3.41. The number of carbonyl (C=O) groups excluding carboxylic acids is 2. The van der Waals surface area contributed by atoms with Gasteiger partial charge in [0, 0.05) is 42.7 Å². The van der Waals surface area contributed by atoms with Gasteiger partial charge in [0.1, 0.15) is 27.1 Å². The standard InChI is InChI=1S/C31H27Cl2N9O8S2.2Na/c1-4-41(11-6-12-51(45,46)47)21-9-10-26(27(16-21)36-18(2)43)38-39-30-23(17-34)29(35-3)40-42(30)28-24(32)14-20(15-25(28)33)37-31(44)19-7-5-8-22(13-19)52(48,49)50;;/h5,7-10,13-16H,4,6,11-12H2,1-2H3,(H,36,43)(H,37,44)(H,45,46,47)(H,48,49,50);;/q;2*+1/p-2. The molecule has 0 bridgehead atoms. The molecule has 0 saturated carbocycles. The summed E-state index contributed by atoms with van der Waals surface area (Å²) in [7, 11) is -9.23. The molecule has 17 nitrogen and oxygen atoms in total. The normalized spacial score (nSPS) is 11.1. The topological polar surface area (TPSA) is 247 Å². The van der Waals surface area contributed by atoms with E-state index in [4.69, 9.17) is 29.8 Å². The predicted molar refractivity (Wildman–Crippen MR) is 189 cm³/mol. The van der Waals surface area contributed by atoms with E-state index in [-0.39, 0.29) is 128 Å². The number of nitriles is 1. The van der Waals surface area contributed by atoms with Crippen molar-refractivity contribution in [1.82, 2.24) is 9.78 Å². The van der Waals surface area contributed by atoms with Gasteiger partial charge in [-0.25, -0.2) is 16.8 Å². The van der Waals surface area contributed by atoms with E-state index >= 15 is 0 Å². The van der Waals surface area contributed by atoms with Crippen LogP contribution >= 0.6 is 23.2 Å². The van der Waals surface area contributed by atoms with Gasteiger partial charge >= 0.3 is 64.9 Å². The Balaban J connectivity index is 0.00000504. The zero-order valence-electron chi connectivity index (χ0n) is 29.0. The molecule has 0 unspecified atom stereocenters. The van der Waals surface area contributed by atoms with Gasteiger partial charge in [-0.15, -0.1) is 14.9 Å². The number of aromatic nitrogens is 2. The van der Waals surface area contributed by atoms with Crippen LogP contribution in [0.1, 0.15) is 36.2 Å². The number of azo groups is 1. The van der Waals surface area contributed by atoms with Crippen molar-refractivity contribution in [1.29, 1.82) is 5.26 Å². The van der Waals surface area contributed by atoms with Gasteiger partial charge in [0.25, 0.3) is 5.91 Å². The molecule has 2 amide bonds. The van der Waals surface area contributed by atoms with Crippen LogP contribution in [0.25, 0.3) is 10.5 Å². The van der Waals surface area contributed by atoms with Crippen LogP contribution < -0.4 is 74.6 Å². The first kappa shape index (κ1) is 46.7. The molecule has 1 heterocycles. The zero-order valence-corrected chi connectivity index (χ0v) is 36.1. The van der Waals surface area contributed by atoms with Crippen LogP contribution in [0.5, 0.6) is 0 Å². The van der Waals surface area contributed by atoms with E-state index in [2.05, 4.69) is 30.8 Å². The molecule has 270 valence electrons. The summed E-state index contributed by atoms with van der Waals surface area (Å²) in [6.07, 6.45) is 0.0716. The van der Waals surface area contributed by atoms with Crippen molar-refractivity contribution in [2.45, 2.75) is 25.2 Å². The second-order valence-corrected chi connectivity index (χ2v) is 14.4. The number of nitrogens with zero attached hydrogens (tertiary/aromatic N) is 7. The van der Waals surface area contributed by atoms with Gasteiger partial charge in [0.05, 0.1) is 36.8 Å². The third-order valence-electron chi connectivity index (χ3n) is 7.04. The third-order valence-corrected chi connectivity index (χ3v) is 9.24. The van der Waals surface area contributed by atoms with E-state index in [9.17, 15) is 40.8 Å². The second-order valence-electron chi connectivity index (χ2n) is 10.7. The second kappa shape index (κ2) is 20.0. The van der Waals surface area contributed by atoms with Gasteiger partial charge in [-0.2, -0.15) is 5.26 Å². The molecular formula is C31H25Cl2N9Na2O8S2. The number of hydrogen-bond donors (Lipinski definition) is 2. The average molecular weight is 833 g/mol. The summed E-state index contributed by atoms with van der Waals surface area (Å²) in [5.41, 5.74) is 0.427. The molecule has 1 aromatic heterocycles. The van der Waals surface area contributed by atoms with Crippen molar-refractivity contribution < 1.29 is 94.6 Å². The smallest absolute Gasteiger partial charge is 0.748 e. The van der Waals surface area contributed by atoms with Crippen LogP contribution in [-0.2, 0) is 25.0 Å². The van der Waals surface area contributed by atoms with Crippen molar-refractivity contribution >= 4 is 89.6 Å². The summed E-state index contributed by atoms with van der Waals surface area (Å²) in [6.45, 7) is 11.3. The first-order valence-electron chi connectivity index (χ1n) is 14.7. The maximum absolute atomic E-state index is 12.9. The minimum atomic E-state index is -4.82. The molecular weight excluding hydrogens is 807 g/mol. The minimum absolute atomic E-state index is 0. The first-order valence-corrected chi connectivity index (χ1v) is 18.5. The van der Waals surface area contributed by atoms with Crippen LogP contribution in [-0.4, -0.2) is 66.4 Å². The number of halogens is 2. The predicted octanol–water partition coefficient (Wildman–Crippen LogP) is -0.0986. The molecule has 0 radical (unpaired) electrons. The van der Waals surface area contributed by atoms with Crippen LogP contribution in [0.3, 0.4) is 0 Å². The fourth-order valence-corrected chi connectivity index (χ4v) is 6.41. The van der Waals surface area contributed by atoms with Crippen molar-refractivity contribution in [3.63, 3.8) is 0 Å². The number of nitrogens with one attached hydrogen (secondary N) is 2. The Morgan fingerprint density at radius 3 is 2.26 bits per heavy atom. The summed E-state index contributed by atoms with van der Waals surface area (Å²) < 4.78 is 68.4. The molecule has 0 aliphatic carbocycles. The van der Waals surface area contributed by atoms with Gasteiger partial charge in [-0.3, -0.25) is 9.59 Å². The molecule has 4 aromatic rings. The number of rotatable bonds is 13. The summed E-state index contributed by atoms with van der Waals surface area (Å²) in [5.74, 6) is -2.43. The van der Waals surface area contributed by atoms with Gasteiger partial charge in [0.15, 0.2) is 0 Å². The van der Waals surface area contributed by atoms with Crippen LogP contribution in [0.2, 0.25) is 10.0 Å². The van der Waals surface area contributed by atoms with E-state index in [1.807, 2.05) is 13.0 Å². The Kier molecular flexibility index (Phi) is 17.3. The number of carbonyl (C=O) groups is 2. The summed E-state index contributed by atoms with van der Waals surface area (Å²) in [5, 5.41) is 27.3. The molecule has 0 aliphatic rings. The van der Waals surface area contributed by atoms with Crippen molar-refractivity contribution in [3.8, 4) is 11.8 Å². The molecule has 0 fully saturated rings. The fourth-order valence-electron chi connectivity index (χ4n) is 4.76. The molecule has 3 aromatic carbocycles. The molecule has 0 saturated heterocycles. The molecule has 2 N–H and O–H groups in total. The minimum Gasteiger partial charge on any atom is -0.748 e. The Bertz CT molecular complexity index is 2390. The number of amides is 2. The van der Waals surface area contributed by atoms with E-state index in [1.54, 1.807) is 17.0 Å². The number of benzene rings is 3. The first-order chi connectivity index (χ1) is 24.4. The van der Waals surface area contributed by atoms with E-state index in [1.165, 1.54) is 37.3 Å². The van der Waals surface area contributed by atoms with Crippen molar-refractivity contribution in [3.05, 3.63) is 87.2 Å². The SMILES string of the molecule is [C-]#[N+]c1nn(-c2c(Cl)cc(NC(=O)c3cccc(S(=O)(=O)[O-])c3)cc2Cl)c(N=Nc2ccc(N(CC)CCCS(=O)(=O)[O-])cc2NC(C)=O)c1C#N.[Na+].[Na+].